The first-order valence-corrected chi connectivity index (χ1v) is 6.58. The van der Waals surface area contributed by atoms with Crippen molar-refractivity contribution in [3.63, 3.8) is 0 Å². The number of rotatable bonds is 4. The minimum absolute atomic E-state index is 0.0870. The standard InChI is InChI=1S/C14H20N2O2/c1-16-10-14(11-16)13(4-6-18-14)9-17-8-12-3-2-5-15-7-12/h2-3,5,7,13H,4,6,8-11H2,1H3/t13-/m0/s1. The van der Waals surface area contributed by atoms with Crippen LogP contribution in [0.3, 0.4) is 0 Å². The van der Waals surface area contributed by atoms with Gasteiger partial charge in [-0.05, 0) is 25.1 Å². The zero-order valence-corrected chi connectivity index (χ0v) is 10.8. The van der Waals surface area contributed by atoms with Crippen molar-refractivity contribution in [2.75, 3.05) is 33.4 Å². The first-order valence-electron chi connectivity index (χ1n) is 6.58. The van der Waals surface area contributed by atoms with Crippen LogP contribution in [0.4, 0.5) is 0 Å². The average Bonchev–Trinajstić information content (AvgIpc) is 2.74. The van der Waals surface area contributed by atoms with Crippen LogP contribution in [-0.4, -0.2) is 48.8 Å². The van der Waals surface area contributed by atoms with Gasteiger partial charge in [0.25, 0.3) is 0 Å². The van der Waals surface area contributed by atoms with Crippen LogP contribution in [0.5, 0.6) is 0 Å². The SMILES string of the molecule is CN1CC2(C1)OCC[C@H]2COCc1cccnc1. The summed E-state index contributed by atoms with van der Waals surface area (Å²) in [5.41, 5.74) is 1.22. The molecule has 3 rings (SSSR count). The van der Waals surface area contributed by atoms with Gasteiger partial charge in [0.15, 0.2) is 0 Å². The zero-order valence-electron chi connectivity index (χ0n) is 10.8. The van der Waals surface area contributed by atoms with Crippen LogP contribution in [0.15, 0.2) is 24.5 Å². The molecule has 4 heteroatoms. The Labute approximate surface area is 108 Å². The lowest BCUT2D eigenvalue weighted by atomic mass is 9.82. The molecule has 4 nitrogen and oxygen atoms in total. The number of ether oxygens (including phenoxy) is 2. The van der Waals surface area contributed by atoms with Gasteiger partial charge in [-0.15, -0.1) is 0 Å². The molecule has 0 saturated carbocycles. The van der Waals surface area contributed by atoms with E-state index in [1.807, 2.05) is 18.3 Å². The highest BCUT2D eigenvalue weighted by Gasteiger charge is 2.51. The van der Waals surface area contributed by atoms with Gasteiger partial charge in [0, 0.05) is 38.0 Å². The van der Waals surface area contributed by atoms with Crippen LogP contribution in [0, 0.1) is 5.92 Å². The van der Waals surface area contributed by atoms with Crippen molar-refractivity contribution in [1.82, 2.24) is 9.88 Å². The van der Waals surface area contributed by atoms with Crippen LogP contribution in [0.2, 0.25) is 0 Å². The fraction of sp³-hybridized carbons (Fsp3) is 0.643. The highest BCUT2D eigenvalue weighted by Crippen LogP contribution is 2.39. The Morgan fingerprint density at radius 3 is 3.17 bits per heavy atom. The molecule has 0 unspecified atom stereocenters. The zero-order chi connectivity index (χ0) is 12.4. The van der Waals surface area contributed by atoms with Crippen molar-refractivity contribution in [1.29, 1.82) is 0 Å². The summed E-state index contributed by atoms with van der Waals surface area (Å²) in [6, 6.07) is 3.99. The number of hydrogen-bond acceptors (Lipinski definition) is 4. The van der Waals surface area contributed by atoms with Gasteiger partial charge in [-0.2, -0.15) is 0 Å². The first-order chi connectivity index (χ1) is 8.78. The fourth-order valence-corrected chi connectivity index (χ4v) is 3.04. The highest BCUT2D eigenvalue weighted by molar-refractivity contribution is 5.07. The van der Waals surface area contributed by atoms with Crippen LogP contribution in [0.25, 0.3) is 0 Å². The van der Waals surface area contributed by atoms with E-state index in [1.54, 1.807) is 6.20 Å². The molecule has 1 aromatic rings. The number of nitrogens with zero attached hydrogens (tertiary/aromatic N) is 2. The number of aromatic nitrogens is 1. The van der Waals surface area contributed by atoms with E-state index in [-0.39, 0.29) is 5.60 Å². The molecule has 0 amide bonds. The second kappa shape index (κ2) is 4.96. The topological polar surface area (TPSA) is 34.6 Å². The van der Waals surface area contributed by atoms with E-state index in [9.17, 15) is 0 Å². The second-order valence-electron chi connectivity index (χ2n) is 5.45. The van der Waals surface area contributed by atoms with Gasteiger partial charge in [0.1, 0.15) is 0 Å². The monoisotopic (exact) mass is 248 g/mol. The molecule has 0 aliphatic carbocycles. The van der Waals surface area contributed by atoms with Crippen molar-refractivity contribution in [3.05, 3.63) is 30.1 Å². The van der Waals surface area contributed by atoms with Crippen molar-refractivity contribution in [3.8, 4) is 0 Å². The third kappa shape index (κ3) is 2.28. The predicted molar refractivity (Wildman–Crippen MR) is 68.2 cm³/mol. The number of likely N-dealkylation sites (tertiary alicyclic amines) is 1. The Hall–Kier alpha value is -0.970. The largest absolute Gasteiger partial charge is 0.376 e. The van der Waals surface area contributed by atoms with E-state index in [0.717, 1.165) is 38.3 Å². The molecule has 2 aliphatic rings. The van der Waals surface area contributed by atoms with Gasteiger partial charge < -0.3 is 14.4 Å². The van der Waals surface area contributed by atoms with Crippen LogP contribution in [0.1, 0.15) is 12.0 Å². The first kappa shape index (κ1) is 12.1. The van der Waals surface area contributed by atoms with Crippen LogP contribution < -0.4 is 0 Å². The van der Waals surface area contributed by atoms with E-state index < -0.39 is 0 Å². The molecule has 2 fully saturated rings. The summed E-state index contributed by atoms with van der Waals surface area (Å²) in [5, 5.41) is 0. The van der Waals surface area contributed by atoms with E-state index >= 15 is 0 Å². The third-order valence-electron chi connectivity index (χ3n) is 3.99. The molecule has 0 bridgehead atoms. The van der Waals surface area contributed by atoms with Crippen LogP contribution >= 0.6 is 0 Å². The number of likely N-dealkylation sites (N-methyl/N-ethyl adjacent to an activating group) is 1. The van der Waals surface area contributed by atoms with E-state index in [4.69, 9.17) is 9.47 Å². The van der Waals surface area contributed by atoms with Gasteiger partial charge in [-0.1, -0.05) is 6.07 Å². The predicted octanol–water partition coefficient (Wildman–Crippen LogP) is 1.32. The van der Waals surface area contributed by atoms with Gasteiger partial charge in [-0.3, -0.25) is 4.98 Å². The maximum absolute atomic E-state index is 5.93. The number of pyridine rings is 1. The maximum Gasteiger partial charge on any atom is 0.0985 e. The minimum atomic E-state index is 0.0870. The summed E-state index contributed by atoms with van der Waals surface area (Å²) in [6.07, 6.45) is 4.77. The molecule has 2 saturated heterocycles. The van der Waals surface area contributed by atoms with Gasteiger partial charge in [0.2, 0.25) is 0 Å². The van der Waals surface area contributed by atoms with Gasteiger partial charge in [0.05, 0.1) is 18.8 Å². The Balaban J connectivity index is 1.49. The maximum atomic E-state index is 5.93. The summed E-state index contributed by atoms with van der Waals surface area (Å²) >= 11 is 0. The normalized spacial score (nSPS) is 26.4. The molecular formula is C14H20N2O2. The molecule has 2 aliphatic heterocycles. The molecule has 0 radical (unpaired) electrons. The molecule has 3 heterocycles. The average molecular weight is 248 g/mol. The summed E-state index contributed by atoms with van der Waals surface area (Å²) in [7, 11) is 2.14. The van der Waals surface area contributed by atoms with Crippen molar-refractivity contribution >= 4 is 0 Å². The molecular weight excluding hydrogens is 228 g/mol. The third-order valence-corrected chi connectivity index (χ3v) is 3.99. The van der Waals surface area contributed by atoms with Crippen LogP contribution in [-0.2, 0) is 16.1 Å². The van der Waals surface area contributed by atoms with E-state index in [1.165, 1.54) is 0 Å². The molecule has 0 N–H and O–H groups in total. The summed E-state index contributed by atoms with van der Waals surface area (Å²) in [4.78, 5) is 6.39. The summed E-state index contributed by atoms with van der Waals surface area (Å²) in [5.74, 6) is 0.547. The molecule has 0 aromatic carbocycles. The second-order valence-corrected chi connectivity index (χ2v) is 5.45. The Kier molecular flexibility index (Phi) is 3.33. The van der Waals surface area contributed by atoms with E-state index in [2.05, 4.69) is 16.9 Å². The quantitative estimate of drug-likeness (QED) is 0.805. The summed E-state index contributed by atoms with van der Waals surface area (Å²) in [6.45, 7) is 4.43. The summed E-state index contributed by atoms with van der Waals surface area (Å²) < 4.78 is 11.8. The Morgan fingerprint density at radius 1 is 1.56 bits per heavy atom. The lowest BCUT2D eigenvalue weighted by Gasteiger charge is -2.48. The van der Waals surface area contributed by atoms with Crippen molar-refractivity contribution in [2.45, 2.75) is 18.6 Å². The molecule has 98 valence electrons. The smallest absolute Gasteiger partial charge is 0.0985 e. The Bertz CT molecular complexity index is 390. The number of hydrogen-bond donors (Lipinski definition) is 0. The molecule has 1 atom stereocenters. The fourth-order valence-electron chi connectivity index (χ4n) is 3.04. The molecule has 1 aromatic heterocycles. The lowest BCUT2D eigenvalue weighted by Crippen LogP contribution is -2.63. The van der Waals surface area contributed by atoms with Crippen molar-refractivity contribution < 1.29 is 9.47 Å². The Morgan fingerprint density at radius 2 is 2.44 bits per heavy atom. The molecule has 1 spiro atoms. The van der Waals surface area contributed by atoms with Gasteiger partial charge in [-0.25, -0.2) is 0 Å². The lowest BCUT2D eigenvalue weighted by molar-refractivity contribution is -0.135. The minimum Gasteiger partial charge on any atom is -0.376 e. The highest BCUT2D eigenvalue weighted by atomic mass is 16.5. The molecule has 18 heavy (non-hydrogen) atoms. The van der Waals surface area contributed by atoms with E-state index in [0.29, 0.717) is 12.5 Å². The van der Waals surface area contributed by atoms with Crippen molar-refractivity contribution in [2.24, 2.45) is 5.92 Å². The van der Waals surface area contributed by atoms with Gasteiger partial charge >= 0.3 is 0 Å².